The molecule has 4 heteroatoms. The lowest BCUT2D eigenvalue weighted by molar-refractivity contribution is 0.0600. The molecule has 0 aliphatic carbocycles. The van der Waals surface area contributed by atoms with Gasteiger partial charge in [0, 0.05) is 17.5 Å². The molecule has 1 heterocycles. The molecule has 1 atom stereocenters. The second kappa shape index (κ2) is 6.50. The van der Waals surface area contributed by atoms with Crippen molar-refractivity contribution >= 4 is 17.3 Å². The van der Waals surface area contributed by atoms with Crippen molar-refractivity contribution in [3.8, 4) is 0 Å². The van der Waals surface area contributed by atoms with Crippen LogP contribution in [-0.4, -0.2) is 13.1 Å². The number of hydrogen-bond donors (Lipinski definition) is 1. The van der Waals surface area contributed by atoms with Gasteiger partial charge in [0.25, 0.3) is 0 Å². The summed E-state index contributed by atoms with van der Waals surface area (Å²) < 4.78 is 4.67. The van der Waals surface area contributed by atoms with Crippen molar-refractivity contribution in [1.29, 1.82) is 0 Å². The van der Waals surface area contributed by atoms with Crippen LogP contribution in [0.5, 0.6) is 0 Å². The fourth-order valence-electron chi connectivity index (χ4n) is 1.79. The van der Waals surface area contributed by atoms with E-state index in [1.807, 2.05) is 12.1 Å². The fraction of sp³-hybridized carbons (Fsp3) is 0.267. The van der Waals surface area contributed by atoms with E-state index in [-0.39, 0.29) is 5.97 Å². The average molecular weight is 275 g/mol. The number of esters is 1. The maximum Gasteiger partial charge on any atom is 0.337 e. The third kappa shape index (κ3) is 3.66. The molecule has 0 saturated heterocycles. The molecule has 1 N–H and O–H groups in total. The number of nitrogens with one attached hydrogen (secondary N) is 1. The minimum absolute atomic E-state index is 0.300. The number of carbonyl (C=O) groups is 1. The van der Waals surface area contributed by atoms with Crippen LogP contribution in [0.2, 0.25) is 0 Å². The average Bonchev–Trinajstić information content (AvgIpc) is 2.98. The van der Waals surface area contributed by atoms with Crippen LogP contribution >= 0.6 is 11.3 Å². The molecular weight excluding hydrogens is 258 g/mol. The molecule has 0 fully saturated rings. The number of benzene rings is 1. The van der Waals surface area contributed by atoms with Gasteiger partial charge in [0.15, 0.2) is 0 Å². The van der Waals surface area contributed by atoms with Crippen molar-refractivity contribution in [2.45, 2.75) is 19.5 Å². The summed E-state index contributed by atoms with van der Waals surface area (Å²) in [6.07, 6.45) is 0. The summed E-state index contributed by atoms with van der Waals surface area (Å²) in [4.78, 5) is 12.6. The Morgan fingerprint density at radius 2 is 2.05 bits per heavy atom. The smallest absolute Gasteiger partial charge is 0.337 e. The van der Waals surface area contributed by atoms with E-state index in [0.29, 0.717) is 11.6 Å². The number of methoxy groups -OCH3 is 1. The van der Waals surface area contributed by atoms with Gasteiger partial charge >= 0.3 is 5.97 Å². The molecule has 1 aromatic heterocycles. The molecule has 2 aromatic rings. The Balaban J connectivity index is 1.91. The highest BCUT2D eigenvalue weighted by molar-refractivity contribution is 7.10. The summed E-state index contributed by atoms with van der Waals surface area (Å²) in [6.45, 7) is 2.93. The predicted molar refractivity (Wildman–Crippen MR) is 77.4 cm³/mol. The maximum atomic E-state index is 11.3. The lowest BCUT2D eigenvalue weighted by Crippen LogP contribution is -2.17. The summed E-state index contributed by atoms with van der Waals surface area (Å²) >= 11 is 1.75. The van der Waals surface area contributed by atoms with Crippen molar-refractivity contribution < 1.29 is 9.53 Å². The zero-order chi connectivity index (χ0) is 13.7. The molecule has 0 aliphatic rings. The van der Waals surface area contributed by atoms with Gasteiger partial charge in [-0.15, -0.1) is 11.3 Å². The van der Waals surface area contributed by atoms with Crippen LogP contribution in [0.15, 0.2) is 41.8 Å². The normalized spacial score (nSPS) is 12.1. The van der Waals surface area contributed by atoms with E-state index in [2.05, 4.69) is 34.5 Å². The first-order valence-corrected chi connectivity index (χ1v) is 7.02. The number of hydrogen-bond acceptors (Lipinski definition) is 4. The van der Waals surface area contributed by atoms with Gasteiger partial charge in [0.05, 0.1) is 12.7 Å². The van der Waals surface area contributed by atoms with Gasteiger partial charge in [0.1, 0.15) is 0 Å². The van der Waals surface area contributed by atoms with Gasteiger partial charge in [-0.3, -0.25) is 0 Å². The Kier molecular flexibility index (Phi) is 4.71. The van der Waals surface area contributed by atoms with Gasteiger partial charge in [0.2, 0.25) is 0 Å². The first-order chi connectivity index (χ1) is 9.20. The summed E-state index contributed by atoms with van der Waals surface area (Å²) in [5.41, 5.74) is 1.73. The molecule has 0 saturated carbocycles. The molecule has 100 valence electrons. The summed E-state index contributed by atoms with van der Waals surface area (Å²) in [7, 11) is 1.39. The molecule has 1 aromatic carbocycles. The molecule has 3 nitrogen and oxygen atoms in total. The topological polar surface area (TPSA) is 38.3 Å². The van der Waals surface area contributed by atoms with E-state index in [1.54, 1.807) is 23.5 Å². The molecule has 0 amide bonds. The molecule has 2 rings (SSSR count). The van der Waals surface area contributed by atoms with Crippen LogP contribution in [-0.2, 0) is 11.3 Å². The van der Waals surface area contributed by atoms with E-state index < -0.39 is 0 Å². The zero-order valence-electron chi connectivity index (χ0n) is 11.1. The van der Waals surface area contributed by atoms with Gasteiger partial charge in [-0.25, -0.2) is 4.79 Å². The molecule has 19 heavy (non-hydrogen) atoms. The first-order valence-electron chi connectivity index (χ1n) is 6.14. The number of ether oxygens (including phenoxy) is 1. The Hall–Kier alpha value is -1.65. The number of thiophene rings is 1. The molecule has 0 radical (unpaired) electrons. The second-order valence-corrected chi connectivity index (χ2v) is 5.29. The van der Waals surface area contributed by atoms with Crippen LogP contribution in [0.4, 0.5) is 0 Å². The Bertz CT molecular complexity index is 520. The van der Waals surface area contributed by atoms with Crippen LogP contribution in [0.25, 0.3) is 0 Å². The quantitative estimate of drug-likeness (QED) is 0.850. The monoisotopic (exact) mass is 275 g/mol. The van der Waals surface area contributed by atoms with Crippen molar-refractivity contribution in [3.63, 3.8) is 0 Å². The van der Waals surface area contributed by atoms with E-state index in [1.165, 1.54) is 12.0 Å². The summed E-state index contributed by atoms with van der Waals surface area (Å²) in [6, 6.07) is 12.0. The van der Waals surface area contributed by atoms with Gasteiger partial charge in [-0.1, -0.05) is 18.2 Å². The molecule has 0 spiro atoms. The zero-order valence-corrected chi connectivity index (χ0v) is 11.9. The third-order valence-electron chi connectivity index (χ3n) is 2.96. The molecule has 0 unspecified atom stereocenters. The fourth-order valence-corrected chi connectivity index (χ4v) is 2.54. The largest absolute Gasteiger partial charge is 0.465 e. The van der Waals surface area contributed by atoms with Gasteiger partial charge < -0.3 is 10.1 Å². The Morgan fingerprint density at radius 3 is 2.63 bits per heavy atom. The summed E-state index contributed by atoms with van der Waals surface area (Å²) in [5, 5.41) is 5.54. The highest BCUT2D eigenvalue weighted by Crippen LogP contribution is 2.18. The highest BCUT2D eigenvalue weighted by Gasteiger charge is 2.07. The Labute approximate surface area is 117 Å². The van der Waals surface area contributed by atoms with Crippen LogP contribution in [0.3, 0.4) is 0 Å². The standard InChI is InChI=1S/C15H17NO2S/c1-11(14-4-3-9-19-14)16-10-12-5-7-13(8-6-12)15(17)18-2/h3-9,11,16H,10H2,1-2H3/t11-/m1/s1. The van der Waals surface area contributed by atoms with Crippen LogP contribution in [0.1, 0.15) is 33.8 Å². The second-order valence-electron chi connectivity index (χ2n) is 4.31. The van der Waals surface area contributed by atoms with Crippen molar-refractivity contribution in [3.05, 3.63) is 57.8 Å². The predicted octanol–water partition coefficient (Wildman–Crippen LogP) is 3.39. The van der Waals surface area contributed by atoms with E-state index in [9.17, 15) is 4.79 Å². The SMILES string of the molecule is COC(=O)c1ccc(CN[C@H](C)c2cccs2)cc1. The van der Waals surface area contributed by atoms with Gasteiger partial charge in [-0.05, 0) is 36.1 Å². The van der Waals surface area contributed by atoms with E-state index >= 15 is 0 Å². The van der Waals surface area contributed by atoms with E-state index in [4.69, 9.17) is 0 Å². The van der Waals surface area contributed by atoms with Crippen LogP contribution in [0, 0.1) is 0 Å². The highest BCUT2D eigenvalue weighted by atomic mass is 32.1. The number of rotatable bonds is 5. The minimum Gasteiger partial charge on any atom is -0.465 e. The van der Waals surface area contributed by atoms with Gasteiger partial charge in [-0.2, -0.15) is 0 Å². The number of carbonyl (C=O) groups excluding carboxylic acids is 1. The lowest BCUT2D eigenvalue weighted by Gasteiger charge is -2.12. The van der Waals surface area contributed by atoms with Crippen LogP contribution < -0.4 is 5.32 Å². The van der Waals surface area contributed by atoms with E-state index in [0.717, 1.165) is 12.1 Å². The molecule has 0 bridgehead atoms. The van der Waals surface area contributed by atoms with Crippen molar-refractivity contribution in [2.24, 2.45) is 0 Å². The minimum atomic E-state index is -0.300. The molecular formula is C15H17NO2S. The summed E-state index contributed by atoms with van der Waals surface area (Å²) in [5.74, 6) is -0.300. The lowest BCUT2D eigenvalue weighted by atomic mass is 10.1. The van der Waals surface area contributed by atoms with Crippen molar-refractivity contribution in [1.82, 2.24) is 5.32 Å². The first kappa shape index (κ1) is 13.8. The Morgan fingerprint density at radius 1 is 1.32 bits per heavy atom. The van der Waals surface area contributed by atoms with Crippen molar-refractivity contribution in [2.75, 3.05) is 7.11 Å². The third-order valence-corrected chi connectivity index (χ3v) is 4.01. The molecule has 0 aliphatic heterocycles. The maximum absolute atomic E-state index is 11.3.